The Hall–Kier alpha value is -0.880. The molecular formula is C12H13BrN2OS. The lowest BCUT2D eigenvalue weighted by atomic mass is 10.0. The smallest absolute Gasteiger partial charge is 0.124 e. The first kappa shape index (κ1) is 12.6. The van der Waals surface area contributed by atoms with Crippen molar-refractivity contribution >= 4 is 27.3 Å². The molecule has 1 atom stereocenters. The highest BCUT2D eigenvalue weighted by Gasteiger charge is 2.19. The van der Waals surface area contributed by atoms with E-state index in [1.165, 1.54) is 0 Å². The Kier molecular flexibility index (Phi) is 4.17. The van der Waals surface area contributed by atoms with Crippen LogP contribution >= 0.6 is 27.3 Å². The zero-order valence-electron chi connectivity index (χ0n) is 9.31. The molecule has 0 saturated heterocycles. The first-order valence-electron chi connectivity index (χ1n) is 5.08. The minimum absolute atomic E-state index is 0.0771. The lowest BCUT2D eigenvalue weighted by Crippen LogP contribution is -2.29. The van der Waals surface area contributed by atoms with Gasteiger partial charge in [0.1, 0.15) is 5.75 Å². The highest BCUT2D eigenvalue weighted by Crippen LogP contribution is 2.34. The predicted octanol–water partition coefficient (Wildman–Crippen LogP) is 3.07. The van der Waals surface area contributed by atoms with Gasteiger partial charge in [-0.05, 0) is 32.9 Å². The first-order valence-corrected chi connectivity index (χ1v) is 6.82. The number of nitrogens with two attached hydrogens (primary N) is 1. The second kappa shape index (κ2) is 5.64. The van der Waals surface area contributed by atoms with E-state index in [0.29, 0.717) is 0 Å². The molecule has 0 aliphatic heterocycles. The Morgan fingerprint density at radius 1 is 1.29 bits per heavy atom. The molecule has 0 spiro atoms. The maximum Gasteiger partial charge on any atom is 0.124 e. The van der Waals surface area contributed by atoms with Crippen LogP contribution in [0.15, 0.2) is 39.5 Å². The minimum atomic E-state index is -0.0771. The Bertz CT molecular complexity index is 501. The van der Waals surface area contributed by atoms with Gasteiger partial charge in [-0.1, -0.05) is 18.2 Å². The molecule has 1 aromatic heterocycles. The van der Waals surface area contributed by atoms with Crippen molar-refractivity contribution in [3.63, 3.8) is 0 Å². The minimum Gasteiger partial charge on any atom is -0.496 e. The van der Waals surface area contributed by atoms with E-state index >= 15 is 0 Å². The molecule has 90 valence electrons. The maximum absolute atomic E-state index is 5.67. The van der Waals surface area contributed by atoms with Crippen LogP contribution in [-0.2, 0) is 0 Å². The summed E-state index contributed by atoms with van der Waals surface area (Å²) in [6.07, 6.45) is 0. The number of hydrogen-bond acceptors (Lipinski definition) is 4. The summed E-state index contributed by atoms with van der Waals surface area (Å²) in [6, 6.07) is 7.78. The number of thiophene rings is 1. The Balaban J connectivity index is 2.46. The molecule has 2 rings (SSSR count). The van der Waals surface area contributed by atoms with E-state index < -0.39 is 0 Å². The van der Waals surface area contributed by atoms with Crippen LogP contribution in [0.1, 0.15) is 17.2 Å². The molecule has 0 aliphatic rings. The fourth-order valence-electron chi connectivity index (χ4n) is 1.75. The molecule has 1 heterocycles. The molecule has 0 amide bonds. The highest BCUT2D eigenvalue weighted by molar-refractivity contribution is 9.10. The van der Waals surface area contributed by atoms with Crippen LogP contribution < -0.4 is 16.0 Å². The van der Waals surface area contributed by atoms with E-state index in [0.717, 1.165) is 21.3 Å². The second-order valence-electron chi connectivity index (χ2n) is 3.52. The maximum atomic E-state index is 5.67. The summed E-state index contributed by atoms with van der Waals surface area (Å²) in [5, 5.41) is 4.11. The van der Waals surface area contributed by atoms with Crippen molar-refractivity contribution in [2.45, 2.75) is 6.04 Å². The third-order valence-electron chi connectivity index (χ3n) is 2.57. The highest BCUT2D eigenvalue weighted by atomic mass is 79.9. The molecule has 5 heteroatoms. The summed E-state index contributed by atoms with van der Waals surface area (Å²) >= 11 is 5.16. The third kappa shape index (κ3) is 2.52. The number of hydrogen-bond donors (Lipinski definition) is 2. The van der Waals surface area contributed by atoms with Gasteiger partial charge < -0.3 is 4.74 Å². The SMILES string of the molecule is COc1ccccc1C(NN)c1cscc1Br. The lowest BCUT2D eigenvalue weighted by Gasteiger charge is -2.18. The topological polar surface area (TPSA) is 47.3 Å². The van der Waals surface area contributed by atoms with Gasteiger partial charge in [-0.15, -0.1) is 0 Å². The van der Waals surface area contributed by atoms with Gasteiger partial charge in [0.05, 0.1) is 13.2 Å². The number of para-hydroxylation sites is 1. The molecule has 0 aliphatic carbocycles. The van der Waals surface area contributed by atoms with Crippen molar-refractivity contribution in [1.29, 1.82) is 0 Å². The van der Waals surface area contributed by atoms with E-state index in [2.05, 4.69) is 26.7 Å². The molecule has 0 bridgehead atoms. The summed E-state index contributed by atoms with van der Waals surface area (Å²) in [6.45, 7) is 0. The van der Waals surface area contributed by atoms with Crippen molar-refractivity contribution in [3.8, 4) is 5.75 Å². The Morgan fingerprint density at radius 3 is 2.65 bits per heavy atom. The molecule has 0 radical (unpaired) electrons. The molecule has 2 aromatic rings. The van der Waals surface area contributed by atoms with E-state index in [-0.39, 0.29) is 6.04 Å². The summed E-state index contributed by atoms with van der Waals surface area (Å²) in [7, 11) is 1.66. The van der Waals surface area contributed by atoms with Gasteiger partial charge in [-0.2, -0.15) is 11.3 Å². The van der Waals surface area contributed by atoms with Crippen molar-refractivity contribution in [3.05, 3.63) is 50.6 Å². The van der Waals surface area contributed by atoms with Crippen LogP contribution in [0.3, 0.4) is 0 Å². The van der Waals surface area contributed by atoms with Crippen LogP contribution in [0.2, 0.25) is 0 Å². The molecule has 17 heavy (non-hydrogen) atoms. The molecule has 1 unspecified atom stereocenters. The number of methoxy groups -OCH3 is 1. The normalized spacial score (nSPS) is 12.4. The van der Waals surface area contributed by atoms with E-state index in [9.17, 15) is 0 Å². The zero-order valence-corrected chi connectivity index (χ0v) is 11.7. The lowest BCUT2D eigenvalue weighted by molar-refractivity contribution is 0.404. The predicted molar refractivity (Wildman–Crippen MR) is 74.2 cm³/mol. The monoisotopic (exact) mass is 312 g/mol. The summed E-state index contributed by atoms with van der Waals surface area (Å²) in [4.78, 5) is 0. The van der Waals surface area contributed by atoms with Crippen LogP contribution in [0.25, 0.3) is 0 Å². The molecule has 0 saturated carbocycles. The second-order valence-corrected chi connectivity index (χ2v) is 5.11. The van der Waals surface area contributed by atoms with Crippen LogP contribution in [0.4, 0.5) is 0 Å². The number of benzene rings is 1. The van der Waals surface area contributed by atoms with Crippen LogP contribution in [0, 0.1) is 0 Å². The van der Waals surface area contributed by atoms with Gasteiger partial charge in [0.15, 0.2) is 0 Å². The largest absolute Gasteiger partial charge is 0.496 e. The Labute approximate surface area is 113 Å². The average Bonchev–Trinajstić information content (AvgIpc) is 2.78. The molecule has 1 aromatic carbocycles. The molecule has 3 N–H and O–H groups in total. The molecular weight excluding hydrogens is 300 g/mol. The zero-order chi connectivity index (χ0) is 12.3. The number of ether oxygens (including phenoxy) is 1. The van der Waals surface area contributed by atoms with Crippen LogP contribution in [0.5, 0.6) is 5.75 Å². The van der Waals surface area contributed by atoms with Crippen molar-refractivity contribution in [2.24, 2.45) is 5.84 Å². The quantitative estimate of drug-likeness (QED) is 0.674. The first-order chi connectivity index (χ1) is 8.27. The summed E-state index contributed by atoms with van der Waals surface area (Å²) < 4.78 is 6.41. The van der Waals surface area contributed by atoms with Gasteiger partial charge in [0.25, 0.3) is 0 Å². The Morgan fingerprint density at radius 2 is 2.06 bits per heavy atom. The van der Waals surface area contributed by atoms with E-state index in [1.54, 1.807) is 18.4 Å². The number of rotatable bonds is 4. The standard InChI is InChI=1S/C12H13BrN2OS/c1-16-11-5-3-2-4-8(11)12(15-14)9-6-17-7-10(9)13/h2-7,12,15H,14H2,1H3. The van der Waals surface area contributed by atoms with Gasteiger partial charge in [0, 0.05) is 15.4 Å². The van der Waals surface area contributed by atoms with Gasteiger partial charge in [0.2, 0.25) is 0 Å². The van der Waals surface area contributed by atoms with Crippen molar-refractivity contribution < 1.29 is 4.74 Å². The van der Waals surface area contributed by atoms with E-state index in [1.807, 2.05) is 29.6 Å². The van der Waals surface area contributed by atoms with Crippen molar-refractivity contribution in [1.82, 2.24) is 5.43 Å². The average molecular weight is 313 g/mol. The number of hydrazine groups is 1. The molecule has 3 nitrogen and oxygen atoms in total. The number of halogens is 1. The third-order valence-corrected chi connectivity index (χ3v) is 4.32. The van der Waals surface area contributed by atoms with Crippen LogP contribution in [-0.4, -0.2) is 7.11 Å². The van der Waals surface area contributed by atoms with Gasteiger partial charge >= 0.3 is 0 Å². The molecule has 0 fully saturated rings. The number of nitrogens with one attached hydrogen (secondary N) is 1. The fourth-order valence-corrected chi connectivity index (χ4v) is 3.30. The van der Waals surface area contributed by atoms with E-state index in [4.69, 9.17) is 10.6 Å². The van der Waals surface area contributed by atoms with Gasteiger partial charge in [-0.3, -0.25) is 5.84 Å². The fraction of sp³-hybridized carbons (Fsp3) is 0.167. The summed E-state index contributed by atoms with van der Waals surface area (Å²) in [5.74, 6) is 6.49. The summed E-state index contributed by atoms with van der Waals surface area (Å²) in [5.41, 5.74) is 4.97. The van der Waals surface area contributed by atoms with Crippen molar-refractivity contribution in [2.75, 3.05) is 7.11 Å². The van der Waals surface area contributed by atoms with Gasteiger partial charge in [-0.25, -0.2) is 5.43 Å².